The van der Waals surface area contributed by atoms with Gasteiger partial charge in [0.05, 0.1) is 5.69 Å². The van der Waals surface area contributed by atoms with Crippen molar-refractivity contribution in [3.63, 3.8) is 0 Å². The van der Waals surface area contributed by atoms with E-state index < -0.39 is 6.04 Å². The molecule has 8 nitrogen and oxygen atoms in total. The third kappa shape index (κ3) is 6.81. The van der Waals surface area contributed by atoms with Crippen LogP contribution in [0.15, 0.2) is 116 Å². The van der Waals surface area contributed by atoms with E-state index in [9.17, 15) is 9.59 Å². The van der Waals surface area contributed by atoms with E-state index in [1.54, 1.807) is 34.2 Å². The minimum absolute atomic E-state index is 0.0584. The summed E-state index contributed by atoms with van der Waals surface area (Å²) in [5.41, 5.74) is 5.95. The molecule has 0 saturated heterocycles. The molecule has 1 aliphatic rings. The highest BCUT2D eigenvalue weighted by atomic mass is 16.2. The Bertz CT molecular complexity index is 1730. The van der Waals surface area contributed by atoms with Crippen LogP contribution in [-0.4, -0.2) is 53.9 Å². The van der Waals surface area contributed by atoms with Crippen LogP contribution in [0.3, 0.4) is 0 Å². The standard InChI is InChI=1S/C36H34N6O2/c1-27-37-23-30(24-38-27)14-17-35(43)41(25-29-12-15-33(16-13-29)42-20-7-19-39-42)34(22-28-8-3-2-4-9-28)36(44)40-21-18-31-10-5-6-11-32(31)26-40/h2-17,19-20,23-24,34H,18,21-22,25-26H2,1H3. The molecule has 0 N–H and O–H groups in total. The van der Waals surface area contributed by atoms with Crippen LogP contribution in [0, 0.1) is 6.92 Å². The molecule has 1 atom stereocenters. The first-order valence-corrected chi connectivity index (χ1v) is 14.8. The summed E-state index contributed by atoms with van der Waals surface area (Å²) in [6.45, 7) is 3.22. The predicted molar refractivity (Wildman–Crippen MR) is 169 cm³/mol. The van der Waals surface area contributed by atoms with Crippen molar-refractivity contribution in [3.05, 3.63) is 149 Å². The largest absolute Gasteiger partial charge is 0.336 e. The molecular formula is C36H34N6O2. The Kier molecular flexibility index (Phi) is 8.68. The van der Waals surface area contributed by atoms with Crippen molar-refractivity contribution in [2.24, 2.45) is 0 Å². The number of amides is 2. The number of hydrogen-bond acceptors (Lipinski definition) is 5. The van der Waals surface area contributed by atoms with Gasteiger partial charge in [0.2, 0.25) is 11.8 Å². The summed E-state index contributed by atoms with van der Waals surface area (Å²) in [6, 6.07) is 27.2. The monoisotopic (exact) mass is 582 g/mol. The maximum absolute atomic E-state index is 14.4. The number of rotatable bonds is 9. The van der Waals surface area contributed by atoms with E-state index in [0.717, 1.165) is 28.8 Å². The minimum Gasteiger partial charge on any atom is -0.336 e. The van der Waals surface area contributed by atoms with Crippen molar-refractivity contribution in [3.8, 4) is 5.69 Å². The molecule has 3 heterocycles. The molecule has 0 saturated carbocycles. The van der Waals surface area contributed by atoms with Gasteiger partial charge in [-0.2, -0.15) is 5.10 Å². The fourth-order valence-electron chi connectivity index (χ4n) is 5.53. The van der Waals surface area contributed by atoms with Gasteiger partial charge in [0.25, 0.3) is 0 Å². The number of nitrogens with zero attached hydrogens (tertiary/aromatic N) is 6. The number of aromatic nitrogens is 4. The predicted octanol–water partition coefficient (Wildman–Crippen LogP) is 5.21. The number of carbonyl (C=O) groups is 2. The van der Waals surface area contributed by atoms with E-state index in [0.29, 0.717) is 30.9 Å². The molecule has 220 valence electrons. The molecule has 6 rings (SSSR count). The fraction of sp³-hybridized carbons (Fsp3) is 0.194. The summed E-state index contributed by atoms with van der Waals surface area (Å²) < 4.78 is 1.79. The van der Waals surface area contributed by atoms with E-state index in [-0.39, 0.29) is 18.4 Å². The average Bonchev–Trinajstić information content (AvgIpc) is 3.61. The smallest absolute Gasteiger partial charge is 0.247 e. The van der Waals surface area contributed by atoms with Crippen molar-refractivity contribution >= 4 is 17.9 Å². The molecule has 8 heteroatoms. The molecule has 1 aliphatic heterocycles. The van der Waals surface area contributed by atoms with Crippen molar-refractivity contribution < 1.29 is 9.59 Å². The van der Waals surface area contributed by atoms with E-state index in [1.807, 2.05) is 90.8 Å². The lowest BCUT2D eigenvalue weighted by molar-refractivity contribution is -0.144. The van der Waals surface area contributed by atoms with Crippen molar-refractivity contribution in [1.29, 1.82) is 0 Å². The molecule has 0 radical (unpaired) electrons. The molecule has 44 heavy (non-hydrogen) atoms. The molecule has 3 aromatic carbocycles. The van der Waals surface area contributed by atoms with Gasteiger partial charge < -0.3 is 9.80 Å². The first kappa shape index (κ1) is 28.7. The highest BCUT2D eigenvalue weighted by Crippen LogP contribution is 2.23. The Labute approximate surface area is 257 Å². The highest BCUT2D eigenvalue weighted by Gasteiger charge is 2.34. The summed E-state index contributed by atoms with van der Waals surface area (Å²) in [6.07, 6.45) is 11.4. The Morgan fingerprint density at radius 3 is 2.34 bits per heavy atom. The zero-order chi connectivity index (χ0) is 30.3. The number of benzene rings is 3. The van der Waals surface area contributed by atoms with E-state index in [2.05, 4.69) is 27.2 Å². The van der Waals surface area contributed by atoms with Crippen LogP contribution >= 0.6 is 0 Å². The summed E-state index contributed by atoms with van der Waals surface area (Å²) in [4.78, 5) is 40.6. The van der Waals surface area contributed by atoms with E-state index in [4.69, 9.17) is 0 Å². The Balaban J connectivity index is 1.34. The van der Waals surface area contributed by atoms with Gasteiger partial charge in [-0.15, -0.1) is 0 Å². The zero-order valence-corrected chi connectivity index (χ0v) is 24.7. The number of fused-ring (bicyclic) bond motifs is 1. The minimum atomic E-state index is -0.708. The van der Waals surface area contributed by atoms with Crippen LogP contribution in [0.25, 0.3) is 11.8 Å². The van der Waals surface area contributed by atoms with Gasteiger partial charge in [0, 0.05) is 62.5 Å². The molecule has 0 fully saturated rings. The maximum atomic E-state index is 14.4. The zero-order valence-electron chi connectivity index (χ0n) is 24.7. The molecule has 2 aromatic heterocycles. The molecule has 0 aliphatic carbocycles. The highest BCUT2D eigenvalue weighted by molar-refractivity contribution is 5.95. The number of aryl methyl sites for hydroxylation is 1. The van der Waals surface area contributed by atoms with Gasteiger partial charge in [-0.25, -0.2) is 14.6 Å². The normalized spacial score (nSPS) is 13.4. The van der Waals surface area contributed by atoms with E-state index >= 15 is 0 Å². The topological polar surface area (TPSA) is 84.2 Å². The van der Waals surface area contributed by atoms with Crippen LogP contribution in [0.1, 0.15) is 33.6 Å². The molecule has 0 bridgehead atoms. The molecule has 0 spiro atoms. The summed E-state index contributed by atoms with van der Waals surface area (Å²) in [7, 11) is 0. The van der Waals surface area contributed by atoms with Crippen LogP contribution in [0.5, 0.6) is 0 Å². The van der Waals surface area contributed by atoms with Gasteiger partial charge in [-0.05, 0) is 59.9 Å². The Morgan fingerprint density at radius 1 is 0.886 bits per heavy atom. The SMILES string of the molecule is Cc1ncc(C=CC(=O)N(Cc2ccc(-n3cccn3)cc2)C(Cc2ccccc2)C(=O)N2CCc3ccccc3C2)cn1. The fourth-order valence-corrected chi connectivity index (χ4v) is 5.53. The molecular weight excluding hydrogens is 548 g/mol. The number of carbonyl (C=O) groups excluding carboxylic acids is 2. The molecule has 2 amide bonds. The molecule has 5 aromatic rings. The lowest BCUT2D eigenvalue weighted by Crippen LogP contribution is -2.52. The second-order valence-electron chi connectivity index (χ2n) is 11.0. The van der Waals surface area contributed by atoms with Gasteiger partial charge in [0.15, 0.2) is 0 Å². The van der Waals surface area contributed by atoms with Gasteiger partial charge in [-0.1, -0.05) is 66.7 Å². The quantitative estimate of drug-likeness (QED) is 0.223. The summed E-state index contributed by atoms with van der Waals surface area (Å²) in [5, 5.41) is 4.31. The average molecular weight is 583 g/mol. The Hall–Kier alpha value is -5.37. The lowest BCUT2D eigenvalue weighted by atomic mass is 9.97. The maximum Gasteiger partial charge on any atom is 0.247 e. The van der Waals surface area contributed by atoms with E-state index in [1.165, 1.54) is 11.6 Å². The third-order valence-corrected chi connectivity index (χ3v) is 7.94. The van der Waals surface area contributed by atoms with Crippen molar-refractivity contribution in [1.82, 2.24) is 29.5 Å². The van der Waals surface area contributed by atoms with Crippen molar-refractivity contribution in [2.75, 3.05) is 6.54 Å². The van der Waals surface area contributed by atoms with Gasteiger partial charge >= 0.3 is 0 Å². The molecule has 1 unspecified atom stereocenters. The van der Waals surface area contributed by atoms with Gasteiger partial charge in [0.1, 0.15) is 11.9 Å². The van der Waals surface area contributed by atoms with Crippen LogP contribution in [0.4, 0.5) is 0 Å². The third-order valence-electron chi connectivity index (χ3n) is 7.94. The number of hydrogen-bond donors (Lipinski definition) is 0. The van der Waals surface area contributed by atoms with Crippen LogP contribution in [0.2, 0.25) is 0 Å². The van der Waals surface area contributed by atoms with Crippen LogP contribution < -0.4 is 0 Å². The first-order chi connectivity index (χ1) is 21.5. The summed E-state index contributed by atoms with van der Waals surface area (Å²) >= 11 is 0. The second kappa shape index (κ2) is 13.3. The second-order valence-corrected chi connectivity index (χ2v) is 11.0. The lowest BCUT2D eigenvalue weighted by Gasteiger charge is -2.37. The van der Waals surface area contributed by atoms with Gasteiger partial charge in [-0.3, -0.25) is 9.59 Å². The first-order valence-electron chi connectivity index (χ1n) is 14.8. The van der Waals surface area contributed by atoms with Crippen LogP contribution in [-0.2, 0) is 35.5 Å². The summed E-state index contributed by atoms with van der Waals surface area (Å²) in [5.74, 6) is 0.343. The van der Waals surface area contributed by atoms with Crippen molar-refractivity contribution in [2.45, 2.75) is 38.9 Å². The Morgan fingerprint density at radius 2 is 1.61 bits per heavy atom.